The van der Waals surface area contributed by atoms with E-state index in [1.807, 2.05) is 0 Å². The van der Waals surface area contributed by atoms with Gasteiger partial charge >= 0.3 is 5.97 Å². The van der Waals surface area contributed by atoms with Crippen LogP contribution in [0.15, 0.2) is 12.1 Å². The van der Waals surface area contributed by atoms with E-state index in [9.17, 15) is 4.79 Å². The van der Waals surface area contributed by atoms with Crippen molar-refractivity contribution < 1.29 is 9.53 Å². The summed E-state index contributed by atoms with van der Waals surface area (Å²) >= 11 is 5.87. The van der Waals surface area contributed by atoms with Gasteiger partial charge in [0.05, 0.1) is 17.8 Å². The molecule has 0 radical (unpaired) electrons. The molecule has 6 nitrogen and oxygen atoms in total. The molecule has 0 saturated carbocycles. The fraction of sp³-hybridized carbons (Fsp3) is 0.200. The van der Waals surface area contributed by atoms with Crippen molar-refractivity contribution >= 4 is 34.3 Å². The summed E-state index contributed by atoms with van der Waals surface area (Å²) in [6.07, 6.45) is -0.0502. The molecule has 0 spiro atoms. The number of anilines is 1. The summed E-state index contributed by atoms with van der Waals surface area (Å²) in [5, 5.41) is 8.11. The number of methoxy groups -OCH3 is 1. The Bertz CT molecular complexity index is 588. The molecule has 0 bridgehead atoms. The van der Waals surface area contributed by atoms with Gasteiger partial charge in [-0.1, -0.05) is 11.6 Å². The van der Waals surface area contributed by atoms with Crippen molar-refractivity contribution in [1.82, 2.24) is 15.2 Å². The van der Waals surface area contributed by atoms with Crippen molar-refractivity contribution in [3.63, 3.8) is 0 Å². The van der Waals surface area contributed by atoms with Crippen LogP contribution < -0.4 is 5.73 Å². The monoisotopic (exact) mass is 252 g/mol. The van der Waals surface area contributed by atoms with E-state index in [1.165, 1.54) is 7.11 Å². The Morgan fingerprint density at radius 1 is 1.47 bits per heavy atom. The second kappa shape index (κ2) is 4.50. The maximum atomic E-state index is 11.1. The number of ether oxygens (including phenoxy) is 1. The minimum absolute atomic E-state index is 0.0502. The molecular formula is C10H9ClN4O2. The summed E-state index contributed by atoms with van der Waals surface area (Å²) in [5.41, 5.74) is 7.06. The van der Waals surface area contributed by atoms with Crippen molar-refractivity contribution in [2.75, 3.05) is 12.8 Å². The van der Waals surface area contributed by atoms with Crippen LogP contribution in [0, 0.1) is 0 Å². The van der Waals surface area contributed by atoms with Gasteiger partial charge in [0.2, 0.25) is 0 Å². The molecule has 0 unspecified atom stereocenters. The first-order valence-corrected chi connectivity index (χ1v) is 5.13. The Hall–Kier alpha value is -1.95. The van der Waals surface area contributed by atoms with E-state index in [0.29, 0.717) is 21.7 Å². The number of halogens is 1. The number of rotatable bonds is 2. The SMILES string of the molecule is COC(=O)Cc1nnc2ccc(Cl)c(N)c2n1. The number of benzene rings is 1. The molecule has 0 saturated heterocycles. The fourth-order valence-electron chi connectivity index (χ4n) is 1.31. The van der Waals surface area contributed by atoms with Crippen LogP contribution in [0.3, 0.4) is 0 Å². The van der Waals surface area contributed by atoms with Crippen LogP contribution in [0.2, 0.25) is 5.02 Å². The smallest absolute Gasteiger partial charge is 0.313 e. The average Bonchev–Trinajstić information content (AvgIpc) is 2.34. The summed E-state index contributed by atoms with van der Waals surface area (Å²) in [6.45, 7) is 0. The number of hydrogen-bond acceptors (Lipinski definition) is 6. The summed E-state index contributed by atoms with van der Waals surface area (Å²) < 4.78 is 4.52. The van der Waals surface area contributed by atoms with Crippen molar-refractivity contribution in [2.45, 2.75) is 6.42 Å². The highest BCUT2D eigenvalue weighted by atomic mass is 35.5. The zero-order chi connectivity index (χ0) is 12.4. The van der Waals surface area contributed by atoms with E-state index in [4.69, 9.17) is 17.3 Å². The number of nitrogen functional groups attached to an aromatic ring is 1. The minimum atomic E-state index is -0.438. The number of esters is 1. The molecule has 0 aliphatic heterocycles. The molecule has 7 heteroatoms. The summed E-state index contributed by atoms with van der Waals surface area (Å²) in [5.74, 6) is -0.190. The molecule has 1 aromatic heterocycles. The van der Waals surface area contributed by atoms with Crippen LogP contribution >= 0.6 is 11.6 Å². The van der Waals surface area contributed by atoms with Crippen LogP contribution in [-0.4, -0.2) is 28.3 Å². The second-order valence-corrected chi connectivity index (χ2v) is 3.72. The summed E-state index contributed by atoms with van der Waals surface area (Å²) in [4.78, 5) is 15.2. The Morgan fingerprint density at radius 3 is 2.94 bits per heavy atom. The van der Waals surface area contributed by atoms with Crippen LogP contribution in [0.25, 0.3) is 11.0 Å². The van der Waals surface area contributed by atoms with Gasteiger partial charge in [0.25, 0.3) is 0 Å². The van der Waals surface area contributed by atoms with Crippen LogP contribution in [0.5, 0.6) is 0 Å². The van der Waals surface area contributed by atoms with Crippen LogP contribution in [0.1, 0.15) is 5.82 Å². The van der Waals surface area contributed by atoms with E-state index < -0.39 is 5.97 Å². The van der Waals surface area contributed by atoms with E-state index in [0.717, 1.165) is 0 Å². The lowest BCUT2D eigenvalue weighted by molar-refractivity contribution is -0.139. The van der Waals surface area contributed by atoms with Gasteiger partial charge in [0.15, 0.2) is 5.82 Å². The Balaban J connectivity index is 2.49. The van der Waals surface area contributed by atoms with Gasteiger partial charge in [-0.2, -0.15) is 0 Å². The van der Waals surface area contributed by atoms with E-state index >= 15 is 0 Å². The van der Waals surface area contributed by atoms with Crippen molar-refractivity contribution in [1.29, 1.82) is 0 Å². The largest absolute Gasteiger partial charge is 0.469 e. The third kappa shape index (κ3) is 2.26. The predicted octanol–water partition coefficient (Wildman–Crippen LogP) is 0.976. The molecule has 88 valence electrons. The van der Waals surface area contributed by atoms with Crippen molar-refractivity contribution in [3.8, 4) is 0 Å². The minimum Gasteiger partial charge on any atom is -0.469 e. The Kier molecular flexibility index (Phi) is 3.06. The Labute approximate surface area is 102 Å². The summed E-state index contributed by atoms with van der Waals surface area (Å²) in [6, 6.07) is 3.28. The standard InChI is InChI=1S/C10H9ClN4O2/c1-17-8(16)4-7-13-10-6(14-15-7)3-2-5(11)9(10)12/h2-3H,4,12H2,1H3. The molecule has 2 aromatic rings. The molecule has 1 aromatic carbocycles. The zero-order valence-electron chi connectivity index (χ0n) is 8.98. The Morgan fingerprint density at radius 2 is 2.24 bits per heavy atom. The first-order chi connectivity index (χ1) is 8.11. The number of fused-ring (bicyclic) bond motifs is 1. The van der Waals surface area contributed by atoms with Gasteiger partial charge in [0, 0.05) is 0 Å². The topological polar surface area (TPSA) is 91.0 Å². The fourth-order valence-corrected chi connectivity index (χ4v) is 1.46. The van der Waals surface area contributed by atoms with Crippen molar-refractivity contribution in [3.05, 3.63) is 23.0 Å². The molecular weight excluding hydrogens is 244 g/mol. The molecule has 17 heavy (non-hydrogen) atoms. The highest BCUT2D eigenvalue weighted by Crippen LogP contribution is 2.25. The maximum Gasteiger partial charge on any atom is 0.313 e. The van der Waals surface area contributed by atoms with Gasteiger partial charge in [0.1, 0.15) is 17.5 Å². The number of nitrogens with zero attached hydrogens (tertiary/aromatic N) is 3. The third-order valence-corrected chi connectivity index (χ3v) is 2.52. The highest BCUT2D eigenvalue weighted by Gasteiger charge is 2.10. The lowest BCUT2D eigenvalue weighted by atomic mass is 10.2. The van der Waals surface area contributed by atoms with Crippen molar-refractivity contribution in [2.24, 2.45) is 0 Å². The molecule has 2 N–H and O–H groups in total. The molecule has 1 heterocycles. The van der Waals surface area contributed by atoms with Crippen LogP contribution in [-0.2, 0) is 16.0 Å². The first kappa shape index (κ1) is 11.5. The maximum absolute atomic E-state index is 11.1. The highest BCUT2D eigenvalue weighted by molar-refractivity contribution is 6.34. The van der Waals surface area contributed by atoms with Gasteiger partial charge in [-0.25, -0.2) is 4.98 Å². The zero-order valence-corrected chi connectivity index (χ0v) is 9.73. The molecule has 0 aliphatic rings. The van der Waals surface area contributed by atoms with E-state index in [2.05, 4.69) is 19.9 Å². The molecule has 0 aliphatic carbocycles. The van der Waals surface area contributed by atoms with Gasteiger partial charge in [-0.15, -0.1) is 10.2 Å². The first-order valence-electron chi connectivity index (χ1n) is 4.76. The third-order valence-electron chi connectivity index (χ3n) is 2.19. The lowest BCUT2D eigenvalue weighted by Gasteiger charge is -2.03. The van der Waals surface area contributed by atoms with E-state index in [-0.39, 0.29) is 12.2 Å². The molecule has 2 rings (SSSR count). The quantitative estimate of drug-likeness (QED) is 0.633. The molecule has 0 atom stereocenters. The van der Waals surface area contributed by atoms with Gasteiger partial charge < -0.3 is 10.5 Å². The number of carbonyl (C=O) groups excluding carboxylic acids is 1. The number of hydrogen-bond donors (Lipinski definition) is 1. The average molecular weight is 253 g/mol. The predicted molar refractivity (Wildman–Crippen MR) is 62.5 cm³/mol. The number of nitrogens with two attached hydrogens (primary N) is 1. The lowest BCUT2D eigenvalue weighted by Crippen LogP contribution is -2.09. The normalized spacial score (nSPS) is 10.5. The second-order valence-electron chi connectivity index (χ2n) is 3.31. The number of carbonyl (C=O) groups is 1. The molecule has 0 fully saturated rings. The van der Waals surface area contributed by atoms with Gasteiger partial charge in [-0.3, -0.25) is 4.79 Å². The van der Waals surface area contributed by atoms with E-state index in [1.54, 1.807) is 12.1 Å². The molecule has 0 amide bonds. The van der Waals surface area contributed by atoms with Gasteiger partial charge in [-0.05, 0) is 12.1 Å². The van der Waals surface area contributed by atoms with Crippen LogP contribution in [0.4, 0.5) is 5.69 Å². The number of aromatic nitrogens is 3. The summed E-state index contributed by atoms with van der Waals surface area (Å²) in [7, 11) is 1.29.